The Morgan fingerprint density at radius 3 is 2.65 bits per heavy atom. The quantitative estimate of drug-likeness (QED) is 0.492. The van der Waals surface area contributed by atoms with Gasteiger partial charge in [0.15, 0.2) is 0 Å². The molecule has 0 unspecified atom stereocenters. The normalized spacial score (nSPS) is 10.8. The number of fused-ring (bicyclic) bond motifs is 1. The molecule has 26 heavy (non-hydrogen) atoms. The summed E-state index contributed by atoms with van der Waals surface area (Å²) in [6, 6.07) is 23.2. The lowest BCUT2D eigenvalue weighted by molar-refractivity contribution is 0.102. The number of amides is 1. The number of aromatic nitrogens is 2. The highest BCUT2D eigenvalue weighted by molar-refractivity contribution is 7.98. The molecule has 0 spiro atoms. The molecule has 1 amide bonds. The van der Waals surface area contributed by atoms with E-state index in [1.807, 2.05) is 79.1 Å². The third-order valence-electron chi connectivity index (χ3n) is 4.13. The van der Waals surface area contributed by atoms with Gasteiger partial charge in [-0.05, 0) is 42.7 Å². The highest BCUT2D eigenvalue weighted by Crippen LogP contribution is 2.25. The number of benzene rings is 3. The van der Waals surface area contributed by atoms with Gasteiger partial charge in [0.25, 0.3) is 5.91 Å². The number of H-pyrrole nitrogens is 1. The smallest absolute Gasteiger partial charge is 0.256 e. The molecule has 0 saturated carbocycles. The van der Waals surface area contributed by atoms with Crippen molar-refractivity contribution in [1.29, 1.82) is 0 Å². The van der Waals surface area contributed by atoms with Crippen LogP contribution in [-0.2, 0) is 0 Å². The molecule has 1 aromatic heterocycles. The molecule has 0 aliphatic heterocycles. The number of carbonyl (C=O) groups excluding carboxylic acids is 1. The van der Waals surface area contributed by atoms with Crippen LogP contribution in [0.25, 0.3) is 22.4 Å². The number of carbonyl (C=O) groups is 1. The van der Waals surface area contributed by atoms with Crippen LogP contribution in [0.3, 0.4) is 0 Å². The third kappa shape index (κ3) is 3.21. The summed E-state index contributed by atoms with van der Waals surface area (Å²) in [4.78, 5) is 21.5. The van der Waals surface area contributed by atoms with Crippen LogP contribution in [0, 0.1) is 0 Å². The van der Waals surface area contributed by atoms with Gasteiger partial charge in [-0.1, -0.05) is 36.4 Å². The molecule has 2 N–H and O–H groups in total. The van der Waals surface area contributed by atoms with Gasteiger partial charge in [-0.2, -0.15) is 0 Å². The molecule has 1 heterocycles. The Labute approximate surface area is 155 Å². The minimum atomic E-state index is -0.114. The fraction of sp³-hybridized carbons (Fsp3) is 0.0476. The Kier molecular flexibility index (Phi) is 4.46. The monoisotopic (exact) mass is 359 g/mol. The lowest BCUT2D eigenvalue weighted by Gasteiger charge is -2.09. The van der Waals surface area contributed by atoms with Crippen LogP contribution in [-0.4, -0.2) is 22.1 Å². The van der Waals surface area contributed by atoms with Gasteiger partial charge in [-0.3, -0.25) is 4.79 Å². The van der Waals surface area contributed by atoms with Crippen LogP contribution < -0.4 is 5.32 Å². The van der Waals surface area contributed by atoms with Gasteiger partial charge < -0.3 is 10.3 Å². The van der Waals surface area contributed by atoms with Gasteiger partial charge in [0.05, 0.1) is 16.6 Å². The van der Waals surface area contributed by atoms with Gasteiger partial charge in [-0.25, -0.2) is 4.98 Å². The largest absolute Gasteiger partial charge is 0.338 e. The van der Waals surface area contributed by atoms with Crippen molar-refractivity contribution in [3.8, 4) is 11.4 Å². The van der Waals surface area contributed by atoms with E-state index in [2.05, 4.69) is 15.3 Å². The molecule has 4 rings (SSSR count). The fourth-order valence-corrected chi connectivity index (χ4v) is 3.46. The number of rotatable bonds is 4. The van der Waals surface area contributed by atoms with E-state index in [1.54, 1.807) is 11.8 Å². The molecule has 5 heteroatoms. The second-order valence-electron chi connectivity index (χ2n) is 5.84. The zero-order chi connectivity index (χ0) is 17.9. The van der Waals surface area contributed by atoms with Crippen molar-refractivity contribution >= 4 is 34.4 Å². The topological polar surface area (TPSA) is 57.8 Å². The minimum Gasteiger partial charge on any atom is -0.338 e. The van der Waals surface area contributed by atoms with Gasteiger partial charge in [-0.15, -0.1) is 11.8 Å². The molecule has 128 valence electrons. The minimum absolute atomic E-state index is 0.114. The second-order valence-corrected chi connectivity index (χ2v) is 6.69. The fourth-order valence-electron chi connectivity index (χ4n) is 2.86. The van der Waals surface area contributed by atoms with E-state index in [0.717, 1.165) is 33.0 Å². The summed E-state index contributed by atoms with van der Waals surface area (Å²) in [5.74, 6) is 0.670. The predicted octanol–water partition coefficient (Wildman–Crippen LogP) is 5.20. The third-order valence-corrected chi connectivity index (χ3v) is 4.93. The van der Waals surface area contributed by atoms with E-state index in [1.165, 1.54) is 0 Å². The first-order valence-electron chi connectivity index (χ1n) is 8.24. The average Bonchev–Trinajstić information content (AvgIpc) is 3.12. The number of para-hydroxylation sites is 2. The zero-order valence-electron chi connectivity index (χ0n) is 14.2. The van der Waals surface area contributed by atoms with Gasteiger partial charge >= 0.3 is 0 Å². The van der Waals surface area contributed by atoms with Crippen LogP contribution in [0.2, 0.25) is 0 Å². The molecule has 3 aromatic carbocycles. The summed E-state index contributed by atoms with van der Waals surface area (Å²) in [5, 5.41) is 2.98. The summed E-state index contributed by atoms with van der Waals surface area (Å²) >= 11 is 1.56. The lowest BCUT2D eigenvalue weighted by Crippen LogP contribution is -2.12. The highest BCUT2D eigenvalue weighted by atomic mass is 32.2. The maximum Gasteiger partial charge on any atom is 0.256 e. The van der Waals surface area contributed by atoms with Crippen LogP contribution in [0.1, 0.15) is 10.4 Å². The summed E-state index contributed by atoms with van der Waals surface area (Å²) < 4.78 is 0. The molecule has 0 saturated heterocycles. The number of nitrogens with zero attached hydrogens (tertiary/aromatic N) is 1. The molecule has 0 aliphatic carbocycles. The first-order chi connectivity index (χ1) is 12.7. The van der Waals surface area contributed by atoms with E-state index in [9.17, 15) is 4.79 Å². The van der Waals surface area contributed by atoms with Gasteiger partial charge in [0.2, 0.25) is 0 Å². The van der Waals surface area contributed by atoms with Crippen LogP contribution in [0.5, 0.6) is 0 Å². The number of imidazole rings is 1. The molecule has 0 atom stereocenters. The van der Waals surface area contributed by atoms with E-state index in [4.69, 9.17) is 0 Å². The van der Waals surface area contributed by atoms with Crippen LogP contribution in [0.4, 0.5) is 5.69 Å². The first kappa shape index (κ1) is 16.4. The number of aromatic amines is 1. The number of thioether (sulfide) groups is 1. The molecule has 4 nitrogen and oxygen atoms in total. The van der Waals surface area contributed by atoms with Crippen molar-refractivity contribution in [1.82, 2.24) is 9.97 Å². The van der Waals surface area contributed by atoms with Crippen molar-refractivity contribution in [3.63, 3.8) is 0 Å². The van der Waals surface area contributed by atoms with Crippen molar-refractivity contribution in [2.75, 3.05) is 11.6 Å². The molecule has 0 bridgehead atoms. The maximum absolute atomic E-state index is 12.6. The Morgan fingerprint density at radius 1 is 1.00 bits per heavy atom. The molecule has 0 radical (unpaired) electrons. The first-order valence-corrected chi connectivity index (χ1v) is 9.46. The van der Waals surface area contributed by atoms with E-state index >= 15 is 0 Å². The van der Waals surface area contributed by atoms with E-state index in [0.29, 0.717) is 5.56 Å². The number of hydrogen-bond donors (Lipinski definition) is 2. The summed E-state index contributed by atoms with van der Waals surface area (Å²) in [6.45, 7) is 0. The molecule has 4 aromatic rings. The molecular formula is C21H17N3OS. The van der Waals surface area contributed by atoms with Crippen molar-refractivity contribution < 1.29 is 4.79 Å². The Morgan fingerprint density at radius 2 is 1.81 bits per heavy atom. The van der Waals surface area contributed by atoms with Gasteiger partial charge in [0.1, 0.15) is 5.82 Å². The Hall–Kier alpha value is -3.05. The predicted molar refractivity (Wildman–Crippen MR) is 108 cm³/mol. The highest BCUT2D eigenvalue weighted by Gasteiger charge is 2.11. The molecule has 0 fully saturated rings. The SMILES string of the molecule is CSc1ccccc1C(=O)Nc1cccc(-c2nc3ccccc3[nH]2)c1. The molecular weight excluding hydrogens is 342 g/mol. The standard InChI is InChI=1S/C21H17N3OS/c1-26-19-12-5-2-9-16(19)21(25)22-15-8-6-7-14(13-15)20-23-17-10-3-4-11-18(17)24-20/h2-13H,1H3,(H,22,25)(H,23,24). The van der Waals surface area contributed by atoms with Crippen molar-refractivity contribution in [3.05, 3.63) is 78.4 Å². The number of anilines is 1. The Bertz CT molecular complexity index is 1050. The summed E-state index contributed by atoms with van der Waals surface area (Å²) in [6.07, 6.45) is 1.97. The van der Waals surface area contributed by atoms with Crippen molar-refractivity contribution in [2.24, 2.45) is 0 Å². The zero-order valence-corrected chi connectivity index (χ0v) is 15.0. The van der Waals surface area contributed by atoms with E-state index in [-0.39, 0.29) is 5.91 Å². The van der Waals surface area contributed by atoms with Crippen LogP contribution >= 0.6 is 11.8 Å². The molecule has 0 aliphatic rings. The maximum atomic E-state index is 12.6. The second kappa shape index (κ2) is 7.06. The lowest BCUT2D eigenvalue weighted by atomic mass is 10.1. The number of nitrogens with one attached hydrogen (secondary N) is 2. The van der Waals surface area contributed by atoms with Gasteiger partial charge in [0, 0.05) is 16.1 Å². The summed E-state index contributed by atoms with van der Waals surface area (Å²) in [7, 11) is 0. The van der Waals surface area contributed by atoms with Crippen LogP contribution in [0.15, 0.2) is 77.7 Å². The average molecular weight is 359 g/mol. The van der Waals surface area contributed by atoms with E-state index < -0.39 is 0 Å². The number of hydrogen-bond acceptors (Lipinski definition) is 3. The Balaban J connectivity index is 1.62. The van der Waals surface area contributed by atoms with Crippen molar-refractivity contribution in [2.45, 2.75) is 4.90 Å². The summed E-state index contributed by atoms with van der Waals surface area (Å²) in [5.41, 5.74) is 4.26.